The summed E-state index contributed by atoms with van der Waals surface area (Å²) in [6.07, 6.45) is 0. The number of anilines is 2. The summed E-state index contributed by atoms with van der Waals surface area (Å²) >= 11 is 1.40. The van der Waals surface area contributed by atoms with Crippen molar-refractivity contribution in [2.75, 3.05) is 11.1 Å². The van der Waals surface area contributed by atoms with Gasteiger partial charge in [-0.2, -0.15) is 0 Å². The number of nitrogens with zero attached hydrogens (tertiary/aromatic N) is 3. The fraction of sp³-hybridized carbons (Fsp3) is 0.250. The Balaban J connectivity index is 1.75. The van der Waals surface area contributed by atoms with Crippen LogP contribution in [0.25, 0.3) is 11.4 Å². The number of carbonyl (C=O) groups is 1. The maximum atomic E-state index is 12.5. The molecule has 1 aromatic heterocycles. The van der Waals surface area contributed by atoms with Crippen molar-refractivity contribution in [2.24, 2.45) is 0 Å². The lowest BCUT2D eigenvalue weighted by Crippen LogP contribution is -2.23. The first kappa shape index (κ1) is 19.0. The molecule has 1 heterocycles. The summed E-state index contributed by atoms with van der Waals surface area (Å²) in [4.78, 5) is 12.5. The number of nitrogens with two attached hydrogens (primary N) is 1. The van der Waals surface area contributed by atoms with Gasteiger partial charge in [-0.05, 0) is 51.1 Å². The summed E-state index contributed by atoms with van der Waals surface area (Å²) in [7, 11) is 0. The zero-order valence-corrected chi connectivity index (χ0v) is 16.5. The topological polar surface area (TPSA) is 85.8 Å². The molecule has 140 valence electrons. The number of nitrogen functional groups attached to an aromatic ring is 1. The molecule has 0 saturated heterocycles. The van der Waals surface area contributed by atoms with Crippen LogP contribution < -0.4 is 11.1 Å². The molecule has 0 saturated carbocycles. The van der Waals surface area contributed by atoms with Crippen molar-refractivity contribution in [3.8, 4) is 11.4 Å². The Morgan fingerprint density at radius 2 is 1.96 bits per heavy atom. The summed E-state index contributed by atoms with van der Waals surface area (Å²) in [6, 6.07) is 15.3. The van der Waals surface area contributed by atoms with Crippen molar-refractivity contribution in [3.63, 3.8) is 0 Å². The van der Waals surface area contributed by atoms with Gasteiger partial charge in [0.25, 0.3) is 0 Å². The maximum Gasteiger partial charge on any atom is 0.237 e. The zero-order chi connectivity index (χ0) is 19.4. The minimum Gasteiger partial charge on any atom is -0.399 e. The number of aromatic nitrogens is 3. The third-order valence-corrected chi connectivity index (χ3v) is 5.22. The molecular weight excluding hydrogens is 358 g/mol. The number of rotatable bonds is 6. The summed E-state index contributed by atoms with van der Waals surface area (Å²) in [5.74, 6) is 0.724. The second-order valence-electron chi connectivity index (χ2n) is 6.29. The van der Waals surface area contributed by atoms with E-state index in [1.807, 2.05) is 30.5 Å². The van der Waals surface area contributed by atoms with Gasteiger partial charge in [-0.3, -0.25) is 4.79 Å². The second-order valence-corrected chi connectivity index (χ2v) is 7.60. The van der Waals surface area contributed by atoms with Crippen LogP contribution in [0.1, 0.15) is 19.4 Å². The van der Waals surface area contributed by atoms with Crippen LogP contribution in [0.2, 0.25) is 0 Å². The highest BCUT2D eigenvalue weighted by Crippen LogP contribution is 2.27. The Labute approximate surface area is 163 Å². The van der Waals surface area contributed by atoms with Gasteiger partial charge in [-0.15, -0.1) is 10.2 Å². The van der Waals surface area contributed by atoms with E-state index in [0.29, 0.717) is 5.69 Å². The number of carbonyl (C=O) groups excluding carboxylic acids is 1. The van der Waals surface area contributed by atoms with Crippen LogP contribution in [0.3, 0.4) is 0 Å². The number of nitrogens with one attached hydrogen (secondary N) is 1. The minimum absolute atomic E-state index is 0.0902. The highest BCUT2D eigenvalue weighted by Gasteiger charge is 2.20. The van der Waals surface area contributed by atoms with Gasteiger partial charge in [0.05, 0.1) is 5.25 Å². The molecule has 0 radical (unpaired) electrons. The first-order valence-electron chi connectivity index (χ1n) is 8.81. The highest BCUT2D eigenvalue weighted by molar-refractivity contribution is 8.00. The smallest absolute Gasteiger partial charge is 0.237 e. The molecule has 0 spiro atoms. The average molecular weight is 382 g/mol. The average Bonchev–Trinajstić information content (AvgIpc) is 3.06. The molecule has 3 aromatic rings. The van der Waals surface area contributed by atoms with E-state index in [-0.39, 0.29) is 11.2 Å². The number of aryl methyl sites for hydroxylation is 1. The molecule has 1 atom stereocenters. The predicted octanol–water partition coefficient (Wildman–Crippen LogP) is 3.97. The van der Waals surface area contributed by atoms with Crippen LogP contribution in [-0.2, 0) is 11.3 Å². The Hall–Kier alpha value is -2.80. The van der Waals surface area contributed by atoms with Crippen molar-refractivity contribution in [1.82, 2.24) is 14.8 Å². The molecule has 27 heavy (non-hydrogen) atoms. The summed E-state index contributed by atoms with van der Waals surface area (Å²) < 4.78 is 2.03. The standard InChI is InChI=1S/C20H23N5OS/c1-4-25-18(15-7-5-6-13(2)12-15)23-24-20(25)27-14(3)19(26)22-17-10-8-16(21)9-11-17/h5-12,14H,4,21H2,1-3H3,(H,22,26)/t14-/m0/s1. The molecule has 3 rings (SSSR count). The molecule has 0 fully saturated rings. The van der Waals surface area contributed by atoms with Crippen molar-refractivity contribution in [3.05, 3.63) is 54.1 Å². The van der Waals surface area contributed by atoms with Gasteiger partial charge in [-0.25, -0.2) is 0 Å². The fourth-order valence-corrected chi connectivity index (χ4v) is 3.59. The number of amides is 1. The zero-order valence-electron chi connectivity index (χ0n) is 15.6. The lowest BCUT2D eigenvalue weighted by molar-refractivity contribution is -0.115. The quantitative estimate of drug-likeness (QED) is 0.498. The van der Waals surface area contributed by atoms with Gasteiger partial charge >= 0.3 is 0 Å². The van der Waals surface area contributed by atoms with Crippen LogP contribution in [-0.4, -0.2) is 25.9 Å². The molecule has 6 nitrogen and oxygen atoms in total. The number of benzene rings is 2. The number of hydrogen-bond acceptors (Lipinski definition) is 5. The number of thioether (sulfide) groups is 1. The van der Waals surface area contributed by atoms with Crippen molar-refractivity contribution < 1.29 is 4.79 Å². The molecule has 0 aliphatic rings. The summed E-state index contributed by atoms with van der Waals surface area (Å²) in [6.45, 7) is 6.69. The van der Waals surface area contributed by atoms with E-state index < -0.39 is 0 Å². The molecule has 2 aromatic carbocycles. The van der Waals surface area contributed by atoms with Crippen molar-refractivity contribution in [1.29, 1.82) is 0 Å². The maximum absolute atomic E-state index is 12.5. The highest BCUT2D eigenvalue weighted by atomic mass is 32.2. The summed E-state index contributed by atoms with van der Waals surface area (Å²) in [5, 5.41) is 12.0. The van der Waals surface area contributed by atoms with E-state index in [9.17, 15) is 4.79 Å². The summed E-state index contributed by atoms with van der Waals surface area (Å²) in [5.41, 5.74) is 9.25. The van der Waals surface area contributed by atoms with E-state index in [4.69, 9.17) is 5.73 Å². The van der Waals surface area contributed by atoms with Crippen molar-refractivity contribution in [2.45, 2.75) is 37.7 Å². The van der Waals surface area contributed by atoms with Crippen LogP contribution in [0.15, 0.2) is 53.7 Å². The SMILES string of the molecule is CCn1c(S[C@@H](C)C(=O)Nc2ccc(N)cc2)nnc1-c1cccc(C)c1. The molecule has 3 N–H and O–H groups in total. The molecule has 0 aliphatic heterocycles. The Bertz CT molecular complexity index is 936. The number of hydrogen-bond donors (Lipinski definition) is 2. The largest absolute Gasteiger partial charge is 0.399 e. The normalized spacial score (nSPS) is 12.0. The monoisotopic (exact) mass is 381 g/mol. The van der Waals surface area contributed by atoms with E-state index in [1.165, 1.54) is 17.3 Å². The van der Waals surface area contributed by atoms with E-state index in [1.54, 1.807) is 24.3 Å². The third-order valence-electron chi connectivity index (χ3n) is 4.14. The van der Waals surface area contributed by atoms with Crippen LogP contribution in [0, 0.1) is 6.92 Å². The van der Waals surface area contributed by atoms with Gasteiger partial charge in [0.1, 0.15) is 0 Å². The second kappa shape index (κ2) is 8.26. The van der Waals surface area contributed by atoms with Gasteiger partial charge in [0.2, 0.25) is 5.91 Å². The van der Waals surface area contributed by atoms with E-state index >= 15 is 0 Å². The Morgan fingerprint density at radius 1 is 1.22 bits per heavy atom. The first-order valence-corrected chi connectivity index (χ1v) is 9.69. The molecular formula is C20H23N5OS. The first-order chi connectivity index (χ1) is 13.0. The molecule has 0 unspecified atom stereocenters. The fourth-order valence-electron chi connectivity index (χ4n) is 2.68. The minimum atomic E-state index is -0.317. The van der Waals surface area contributed by atoms with Gasteiger partial charge in [0.15, 0.2) is 11.0 Å². The molecule has 0 aliphatic carbocycles. The predicted molar refractivity (Wildman–Crippen MR) is 111 cm³/mol. The van der Waals surface area contributed by atoms with Crippen molar-refractivity contribution >= 4 is 29.0 Å². The van der Waals surface area contributed by atoms with E-state index in [0.717, 1.165) is 28.8 Å². The molecule has 1 amide bonds. The molecule has 7 heteroatoms. The third kappa shape index (κ3) is 4.49. The van der Waals surface area contributed by atoms with Gasteiger partial charge < -0.3 is 15.6 Å². The van der Waals surface area contributed by atoms with Crippen LogP contribution in [0.5, 0.6) is 0 Å². The van der Waals surface area contributed by atoms with Crippen LogP contribution >= 0.6 is 11.8 Å². The van der Waals surface area contributed by atoms with Gasteiger partial charge in [0, 0.05) is 23.5 Å². The Kier molecular flexibility index (Phi) is 5.81. The Morgan fingerprint density at radius 3 is 2.63 bits per heavy atom. The lowest BCUT2D eigenvalue weighted by Gasteiger charge is -2.13. The van der Waals surface area contributed by atoms with Crippen LogP contribution in [0.4, 0.5) is 11.4 Å². The lowest BCUT2D eigenvalue weighted by atomic mass is 10.1. The molecule has 0 bridgehead atoms. The van der Waals surface area contributed by atoms with E-state index in [2.05, 4.69) is 34.6 Å². The van der Waals surface area contributed by atoms with Gasteiger partial charge in [-0.1, -0.05) is 35.5 Å².